The molecule has 0 spiro atoms. The summed E-state index contributed by atoms with van der Waals surface area (Å²) in [6.45, 7) is 4.29. The van der Waals surface area contributed by atoms with Gasteiger partial charge in [0.25, 0.3) is 8.32 Å². The maximum absolute atomic E-state index is 6.90. The molecule has 3 heteroatoms. The summed E-state index contributed by atoms with van der Waals surface area (Å²) in [5.74, 6) is 0. The fourth-order valence-electron chi connectivity index (χ4n) is 3.10. The zero-order valence-corrected chi connectivity index (χ0v) is 17.3. The van der Waals surface area contributed by atoms with Crippen molar-refractivity contribution in [1.29, 1.82) is 0 Å². The fraction of sp³-hybridized carbons (Fsp3) is 0.0909. The Morgan fingerprint density at radius 2 is 1.04 bits per heavy atom. The quantitative estimate of drug-likeness (QED) is 0.485. The highest BCUT2D eigenvalue weighted by atomic mass is 28.4. The molecule has 0 aliphatic rings. The van der Waals surface area contributed by atoms with Crippen molar-refractivity contribution in [3.8, 4) is 0 Å². The highest BCUT2D eigenvalue weighted by Gasteiger charge is 2.40. The molecular formula is C22H24OSi2. The van der Waals surface area contributed by atoms with Crippen LogP contribution < -0.4 is 15.6 Å². The summed E-state index contributed by atoms with van der Waals surface area (Å²) in [6, 6.07) is 32.3. The first-order valence-electron chi connectivity index (χ1n) is 8.67. The van der Waals surface area contributed by atoms with E-state index in [1.165, 1.54) is 21.1 Å². The Kier molecular flexibility index (Phi) is 5.81. The van der Waals surface area contributed by atoms with Gasteiger partial charge in [-0.3, -0.25) is 0 Å². The van der Waals surface area contributed by atoms with Crippen molar-refractivity contribution in [2.75, 3.05) is 0 Å². The van der Waals surface area contributed by atoms with E-state index in [-0.39, 0.29) is 0 Å². The highest BCUT2D eigenvalue weighted by molar-refractivity contribution is 7.08. The van der Waals surface area contributed by atoms with Gasteiger partial charge in [-0.05, 0) is 29.4 Å². The van der Waals surface area contributed by atoms with Crippen molar-refractivity contribution in [2.24, 2.45) is 0 Å². The summed E-state index contributed by atoms with van der Waals surface area (Å²) < 4.78 is 6.90. The van der Waals surface area contributed by atoms with Gasteiger partial charge in [0.15, 0.2) is 9.76 Å². The lowest BCUT2D eigenvalue weighted by atomic mass is 10.3. The molecule has 3 aromatic rings. The summed E-state index contributed by atoms with van der Waals surface area (Å²) >= 11 is 0. The molecule has 0 aliphatic heterocycles. The van der Waals surface area contributed by atoms with E-state index in [2.05, 4.69) is 111 Å². The highest BCUT2D eigenvalue weighted by Crippen LogP contribution is 2.09. The van der Waals surface area contributed by atoms with Crippen molar-refractivity contribution in [2.45, 2.75) is 13.8 Å². The molecule has 25 heavy (non-hydrogen) atoms. The van der Waals surface area contributed by atoms with E-state index in [0.29, 0.717) is 0 Å². The van der Waals surface area contributed by atoms with Crippen LogP contribution in [-0.4, -0.2) is 18.1 Å². The second-order valence-corrected chi connectivity index (χ2v) is 11.4. The maximum Gasteiger partial charge on any atom is 0.277 e. The van der Waals surface area contributed by atoms with Crippen LogP contribution >= 0.6 is 0 Å². The minimum Gasteiger partial charge on any atom is -0.447 e. The van der Waals surface area contributed by atoms with Gasteiger partial charge in [-0.15, -0.1) is 0 Å². The van der Waals surface area contributed by atoms with Gasteiger partial charge in [-0.25, -0.2) is 0 Å². The summed E-state index contributed by atoms with van der Waals surface area (Å²) in [6.07, 6.45) is 0. The number of allylic oxidation sites excluding steroid dienone is 1. The number of rotatable bonds is 6. The zero-order chi connectivity index (χ0) is 17.5. The third-order valence-corrected chi connectivity index (χ3v) is 11.2. The Hall–Kier alpha value is -2.21. The molecule has 1 nitrogen and oxygen atoms in total. The van der Waals surface area contributed by atoms with Crippen molar-refractivity contribution in [3.63, 3.8) is 0 Å². The van der Waals surface area contributed by atoms with Gasteiger partial charge in [0.2, 0.25) is 0 Å². The standard InChI is InChI=1S/C22H24OSi2/c1-19(2)18-24-23-25(20-12-6-3-7-13-20,21-14-8-4-9-15-21)22-16-10-5-11-17-22/h3-18H,24H2,1-2H3. The Balaban J connectivity index is 2.22. The van der Waals surface area contributed by atoms with Crippen LogP contribution in [0.1, 0.15) is 13.8 Å². The molecule has 3 rings (SSSR count). The molecule has 0 bridgehead atoms. The van der Waals surface area contributed by atoms with Gasteiger partial charge in [0.05, 0.1) is 0 Å². The smallest absolute Gasteiger partial charge is 0.277 e. The molecule has 0 radical (unpaired) electrons. The van der Waals surface area contributed by atoms with Crippen LogP contribution in [-0.2, 0) is 4.12 Å². The zero-order valence-electron chi connectivity index (χ0n) is 14.9. The Morgan fingerprint density at radius 3 is 1.36 bits per heavy atom. The molecular weight excluding hydrogens is 336 g/mol. The molecule has 0 saturated carbocycles. The normalized spacial score (nSPS) is 11.6. The molecule has 0 unspecified atom stereocenters. The number of hydrogen-bond donors (Lipinski definition) is 0. The van der Waals surface area contributed by atoms with Crippen LogP contribution in [0.2, 0.25) is 0 Å². The van der Waals surface area contributed by atoms with Crippen molar-refractivity contribution in [3.05, 3.63) is 102 Å². The average Bonchev–Trinajstić information content (AvgIpc) is 2.67. The largest absolute Gasteiger partial charge is 0.447 e. The summed E-state index contributed by atoms with van der Waals surface area (Å²) in [5, 5.41) is 3.92. The lowest BCUT2D eigenvalue weighted by molar-refractivity contribution is 0.629. The van der Waals surface area contributed by atoms with E-state index in [9.17, 15) is 0 Å². The van der Waals surface area contributed by atoms with E-state index in [4.69, 9.17) is 4.12 Å². The van der Waals surface area contributed by atoms with E-state index >= 15 is 0 Å². The van der Waals surface area contributed by atoms with E-state index in [1.807, 2.05) is 0 Å². The SMILES string of the molecule is CC(C)=C[SiH2]O[Si](c1ccccc1)(c1ccccc1)c1ccccc1. The summed E-state index contributed by atoms with van der Waals surface area (Å²) in [4.78, 5) is 0. The second-order valence-electron chi connectivity index (χ2n) is 6.37. The first-order chi connectivity index (χ1) is 12.2. The van der Waals surface area contributed by atoms with Gasteiger partial charge in [-0.2, -0.15) is 0 Å². The molecule has 3 aromatic carbocycles. The number of hydrogen-bond acceptors (Lipinski definition) is 1. The molecule has 0 atom stereocenters. The van der Waals surface area contributed by atoms with Crippen LogP contribution in [0.5, 0.6) is 0 Å². The van der Waals surface area contributed by atoms with Crippen LogP contribution in [0.25, 0.3) is 0 Å². The van der Waals surface area contributed by atoms with Crippen molar-refractivity contribution >= 4 is 33.6 Å². The van der Waals surface area contributed by atoms with Gasteiger partial charge in [0, 0.05) is 0 Å². The molecule has 0 saturated heterocycles. The van der Waals surface area contributed by atoms with E-state index in [0.717, 1.165) is 0 Å². The summed E-state index contributed by atoms with van der Waals surface area (Å²) in [7, 11) is -3.25. The van der Waals surface area contributed by atoms with Crippen LogP contribution in [0.4, 0.5) is 0 Å². The third-order valence-electron chi connectivity index (χ3n) is 4.33. The molecule has 0 aliphatic carbocycles. The van der Waals surface area contributed by atoms with Crippen LogP contribution in [0, 0.1) is 0 Å². The Labute approximate surface area is 154 Å². The lowest BCUT2D eigenvalue weighted by Crippen LogP contribution is -2.69. The minimum atomic E-state index is -2.47. The third kappa shape index (κ3) is 3.90. The predicted octanol–water partition coefficient (Wildman–Crippen LogP) is 2.68. The number of benzene rings is 3. The van der Waals surface area contributed by atoms with Gasteiger partial charge < -0.3 is 4.12 Å². The lowest BCUT2D eigenvalue weighted by Gasteiger charge is -2.33. The van der Waals surface area contributed by atoms with Crippen molar-refractivity contribution < 1.29 is 4.12 Å². The molecule has 126 valence electrons. The van der Waals surface area contributed by atoms with Crippen LogP contribution in [0.15, 0.2) is 102 Å². The van der Waals surface area contributed by atoms with Crippen molar-refractivity contribution in [1.82, 2.24) is 0 Å². The van der Waals surface area contributed by atoms with E-state index < -0.39 is 18.1 Å². The Bertz CT molecular complexity index is 714. The van der Waals surface area contributed by atoms with Gasteiger partial charge >= 0.3 is 0 Å². The van der Waals surface area contributed by atoms with Gasteiger partial charge in [0.1, 0.15) is 0 Å². The molecule has 0 fully saturated rings. The first kappa shape index (κ1) is 17.6. The molecule has 0 N–H and O–H groups in total. The molecule has 0 heterocycles. The minimum absolute atomic E-state index is 0.772. The summed E-state index contributed by atoms with van der Waals surface area (Å²) in [5.41, 5.74) is 3.64. The Morgan fingerprint density at radius 1 is 0.680 bits per heavy atom. The topological polar surface area (TPSA) is 9.23 Å². The first-order valence-corrected chi connectivity index (χ1v) is 12.0. The fourth-order valence-corrected chi connectivity index (χ4v) is 9.75. The average molecular weight is 361 g/mol. The van der Waals surface area contributed by atoms with Gasteiger partial charge in [-0.1, -0.05) is 102 Å². The predicted molar refractivity (Wildman–Crippen MR) is 113 cm³/mol. The van der Waals surface area contributed by atoms with Crippen LogP contribution in [0.3, 0.4) is 0 Å². The molecule has 0 amide bonds. The molecule has 0 aromatic heterocycles. The second kappa shape index (κ2) is 8.25. The maximum atomic E-state index is 6.90. The van der Waals surface area contributed by atoms with E-state index in [1.54, 1.807) is 0 Å². The monoisotopic (exact) mass is 360 g/mol.